The molecule has 20 heavy (non-hydrogen) atoms. The molecule has 0 amide bonds. The topological polar surface area (TPSA) is 12.4 Å². The van der Waals surface area contributed by atoms with Crippen LogP contribution in [0.15, 0.2) is 65.7 Å². The van der Waals surface area contributed by atoms with Crippen molar-refractivity contribution in [1.29, 1.82) is 0 Å². The van der Waals surface area contributed by atoms with E-state index in [-0.39, 0.29) is 0 Å². The second kappa shape index (κ2) is 6.76. The number of nitrogens with zero attached hydrogens (tertiary/aromatic N) is 1. The summed E-state index contributed by atoms with van der Waals surface area (Å²) >= 11 is 4.42. The maximum Gasteiger partial charge on any atom is 0.0987 e. The highest BCUT2D eigenvalue weighted by Crippen LogP contribution is 2.37. The standard InChI is InChI=1S/C17H16INS/c18-12-15-11-16(13-7-3-1-4-8-13)19-17(20-15)14-9-5-2-6-10-14/h1-10,15-16H,11-12H2. The number of thioether (sulfide) groups is 1. The van der Waals surface area contributed by atoms with Crippen LogP contribution in [0.2, 0.25) is 0 Å². The summed E-state index contributed by atoms with van der Waals surface area (Å²) in [5.41, 5.74) is 2.57. The highest BCUT2D eigenvalue weighted by molar-refractivity contribution is 14.1. The maximum atomic E-state index is 5.00. The molecular formula is C17H16INS. The largest absolute Gasteiger partial charge is 0.270 e. The van der Waals surface area contributed by atoms with Gasteiger partial charge in [0.05, 0.1) is 11.1 Å². The molecule has 1 nitrogen and oxygen atoms in total. The molecule has 0 radical (unpaired) electrons. The zero-order valence-electron chi connectivity index (χ0n) is 11.1. The first-order chi connectivity index (χ1) is 9.86. The number of hydrogen-bond acceptors (Lipinski definition) is 2. The van der Waals surface area contributed by atoms with E-state index in [1.54, 1.807) is 0 Å². The second-order valence-electron chi connectivity index (χ2n) is 4.86. The first kappa shape index (κ1) is 14.1. The van der Waals surface area contributed by atoms with Crippen LogP contribution in [-0.2, 0) is 0 Å². The minimum Gasteiger partial charge on any atom is -0.270 e. The lowest BCUT2D eigenvalue weighted by molar-refractivity contribution is 0.653. The van der Waals surface area contributed by atoms with Crippen LogP contribution in [0.1, 0.15) is 23.6 Å². The number of hydrogen-bond donors (Lipinski definition) is 0. The second-order valence-corrected chi connectivity index (χ2v) is 7.03. The van der Waals surface area contributed by atoms with Crippen molar-refractivity contribution in [3.8, 4) is 0 Å². The predicted octanol–water partition coefficient (Wildman–Crippen LogP) is 5.12. The van der Waals surface area contributed by atoms with Crippen LogP contribution >= 0.6 is 34.4 Å². The minimum atomic E-state index is 0.299. The predicted molar refractivity (Wildman–Crippen MR) is 97.0 cm³/mol. The zero-order valence-corrected chi connectivity index (χ0v) is 14.0. The van der Waals surface area contributed by atoms with Gasteiger partial charge in [0.2, 0.25) is 0 Å². The molecule has 3 rings (SSSR count). The van der Waals surface area contributed by atoms with Crippen molar-refractivity contribution in [2.24, 2.45) is 4.99 Å². The van der Waals surface area contributed by atoms with Crippen LogP contribution in [0.5, 0.6) is 0 Å². The van der Waals surface area contributed by atoms with E-state index in [4.69, 9.17) is 4.99 Å². The molecule has 0 fully saturated rings. The third kappa shape index (κ3) is 3.26. The van der Waals surface area contributed by atoms with Crippen molar-refractivity contribution in [1.82, 2.24) is 0 Å². The Kier molecular flexibility index (Phi) is 4.78. The molecule has 2 aromatic carbocycles. The van der Waals surface area contributed by atoms with E-state index < -0.39 is 0 Å². The van der Waals surface area contributed by atoms with Crippen molar-refractivity contribution in [3.63, 3.8) is 0 Å². The summed E-state index contributed by atoms with van der Waals surface area (Å²) in [6.07, 6.45) is 1.13. The fourth-order valence-electron chi connectivity index (χ4n) is 2.38. The molecular weight excluding hydrogens is 377 g/mol. The number of aliphatic imine (C=N–C) groups is 1. The molecule has 2 aromatic rings. The zero-order chi connectivity index (χ0) is 13.8. The molecule has 1 aliphatic heterocycles. The molecule has 1 heterocycles. The average Bonchev–Trinajstić information content (AvgIpc) is 2.56. The fraction of sp³-hybridized carbons (Fsp3) is 0.235. The molecule has 0 saturated heterocycles. The van der Waals surface area contributed by atoms with Gasteiger partial charge in [-0.3, -0.25) is 4.99 Å². The van der Waals surface area contributed by atoms with E-state index >= 15 is 0 Å². The Morgan fingerprint density at radius 2 is 1.65 bits per heavy atom. The number of alkyl halides is 1. The molecule has 0 aromatic heterocycles. The number of halogens is 1. The van der Waals surface area contributed by atoms with Crippen molar-refractivity contribution >= 4 is 39.4 Å². The van der Waals surface area contributed by atoms with Gasteiger partial charge in [0, 0.05) is 15.2 Å². The Bertz CT molecular complexity index is 582. The van der Waals surface area contributed by atoms with Gasteiger partial charge in [-0.15, -0.1) is 11.8 Å². The average molecular weight is 393 g/mol. The minimum absolute atomic E-state index is 0.299. The highest BCUT2D eigenvalue weighted by atomic mass is 127. The van der Waals surface area contributed by atoms with Crippen LogP contribution < -0.4 is 0 Å². The van der Waals surface area contributed by atoms with Gasteiger partial charge < -0.3 is 0 Å². The SMILES string of the molecule is ICC1CC(c2ccccc2)N=C(c2ccccc2)S1. The van der Waals surface area contributed by atoms with E-state index in [1.807, 2.05) is 11.8 Å². The van der Waals surface area contributed by atoms with Crippen LogP contribution in [0.3, 0.4) is 0 Å². The summed E-state index contributed by atoms with van der Waals surface area (Å²) in [4.78, 5) is 5.00. The summed E-state index contributed by atoms with van der Waals surface area (Å²) in [6.45, 7) is 0. The van der Waals surface area contributed by atoms with Gasteiger partial charge >= 0.3 is 0 Å². The summed E-state index contributed by atoms with van der Waals surface area (Å²) < 4.78 is 1.16. The lowest BCUT2D eigenvalue weighted by Gasteiger charge is -2.26. The van der Waals surface area contributed by atoms with Crippen molar-refractivity contribution in [3.05, 3.63) is 71.8 Å². The van der Waals surface area contributed by atoms with Gasteiger partial charge in [0.25, 0.3) is 0 Å². The quantitative estimate of drug-likeness (QED) is 0.521. The Morgan fingerprint density at radius 3 is 2.30 bits per heavy atom. The highest BCUT2D eigenvalue weighted by Gasteiger charge is 2.25. The molecule has 0 saturated carbocycles. The normalized spacial score (nSPS) is 22.4. The van der Waals surface area contributed by atoms with E-state index in [1.165, 1.54) is 16.2 Å². The number of rotatable bonds is 3. The van der Waals surface area contributed by atoms with E-state index in [0.29, 0.717) is 11.3 Å². The Hall–Kier alpha value is -0.810. The van der Waals surface area contributed by atoms with Crippen LogP contribution in [0.4, 0.5) is 0 Å². The third-order valence-electron chi connectivity index (χ3n) is 3.41. The molecule has 102 valence electrons. The lowest BCUT2D eigenvalue weighted by atomic mass is 10.0. The smallest absolute Gasteiger partial charge is 0.0987 e. The summed E-state index contributed by atoms with van der Waals surface area (Å²) in [6, 6.07) is 21.5. The monoisotopic (exact) mass is 393 g/mol. The molecule has 2 unspecified atom stereocenters. The van der Waals surface area contributed by atoms with Crippen molar-refractivity contribution in [2.45, 2.75) is 17.7 Å². The van der Waals surface area contributed by atoms with Crippen LogP contribution in [-0.4, -0.2) is 14.7 Å². The summed E-state index contributed by atoms with van der Waals surface area (Å²) in [5, 5.41) is 1.83. The Balaban J connectivity index is 1.94. The Labute approximate surface area is 138 Å². The first-order valence-corrected chi connectivity index (χ1v) is 9.18. The van der Waals surface area contributed by atoms with Gasteiger partial charge in [-0.05, 0) is 12.0 Å². The van der Waals surface area contributed by atoms with Crippen molar-refractivity contribution < 1.29 is 0 Å². The number of benzene rings is 2. The Morgan fingerprint density at radius 1 is 1.00 bits per heavy atom. The fourth-order valence-corrected chi connectivity index (χ4v) is 4.40. The molecule has 0 N–H and O–H groups in total. The molecule has 3 heteroatoms. The van der Waals surface area contributed by atoms with Gasteiger partial charge in [0.15, 0.2) is 0 Å². The maximum absolute atomic E-state index is 5.00. The molecule has 2 atom stereocenters. The van der Waals surface area contributed by atoms with Crippen LogP contribution in [0.25, 0.3) is 0 Å². The van der Waals surface area contributed by atoms with Gasteiger partial charge in [-0.25, -0.2) is 0 Å². The molecule has 0 aliphatic carbocycles. The van der Waals surface area contributed by atoms with E-state index in [2.05, 4.69) is 83.3 Å². The van der Waals surface area contributed by atoms with Gasteiger partial charge in [-0.1, -0.05) is 83.3 Å². The van der Waals surface area contributed by atoms with Crippen LogP contribution in [0, 0.1) is 0 Å². The van der Waals surface area contributed by atoms with Gasteiger partial charge in [0.1, 0.15) is 0 Å². The molecule has 1 aliphatic rings. The third-order valence-corrected chi connectivity index (χ3v) is 6.33. The molecule has 0 bridgehead atoms. The van der Waals surface area contributed by atoms with E-state index in [0.717, 1.165) is 10.8 Å². The lowest BCUT2D eigenvalue weighted by Crippen LogP contribution is -2.19. The summed E-state index contributed by atoms with van der Waals surface area (Å²) in [5.74, 6) is 0. The summed E-state index contributed by atoms with van der Waals surface area (Å²) in [7, 11) is 0. The van der Waals surface area contributed by atoms with Gasteiger partial charge in [-0.2, -0.15) is 0 Å². The van der Waals surface area contributed by atoms with Crippen molar-refractivity contribution in [2.75, 3.05) is 4.43 Å². The first-order valence-electron chi connectivity index (χ1n) is 6.77. The van der Waals surface area contributed by atoms with E-state index in [9.17, 15) is 0 Å². The molecule has 0 spiro atoms.